The van der Waals surface area contributed by atoms with E-state index in [1.807, 2.05) is 31.2 Å². The number of amides is 1. The van der Waals surface area contributed by atoms with Crippen LogP contribution in [0.2, 0.25) is 0 Å². The van der Waals surface area contributed by atoms with Crippen molar-refractivity contribution < 1.29 is 14.6 Å². The van der Waals surface area contributed by atoms with Gasteiger partial charge in [0.15, 0.2) is 0 Å². The molecule has 94 valence electrons. The fourth-order valence-corrected chi connectivity index (χ4v) is 1.36. The molecule has 0 heterocycles. The SMILES string of the molecule is Cc1cccc(OCCC(=O)N[C@@H](C)CO)c1. The first-order valence-electron chi connectivity index (χ1n) is 5.71. The zero-order chi connectivity index (χ0) is 12.7. The van der Waals surface area contributed by atoms with Crippen molar-refractivity contribution in [1.82, 2.24) is 5.32 Å². The van der Waals surface area contributed by atoms with E-state index >= 15 is 0 Å². The lowest BCUT2D eigenvalue weighted by Gasteiger charge is -2.11. The van der Waals surface area contributed by atoms with E-state index in [2.05, 4.69) is 5.32 Å². The normalized spacial score (nSPS) is 11.9. The molecule has 4 heteroatoms. The third kappa shape index (κ3) is 5.36. The van der Waals surface area contributed by atoms with Crippen molar-refractivity contribution in [2.24, 2.45) is 0 Å². The van der Waals surface area contributed by atoms with Crippen LogP contribution >= 0.6 is 0 Å². The summed E-state index contributed by atoms with van der Waals surface area (Å²) in [5.74, 6) is 0.659. The predicted octanol–water partition coefficient (Wildman–Crippen LogP) is 1.26. The van der Waals surface area contributed by atoms with Crippen LogP contribution in [0.15, 0.2) is 24.3 Å². The molecule has 0 radical (unpaired) electrons. The summed E-state index contributed by atoms with van der Waals surface area (Å²) in [4.78, 5) is 11.4. The van der Waals surface area contributed by atoms with Gasteiger partial charge < -0.3 is 15.2 Å². The zero-order valence-electron chi connectivity index (χ0n) is 10.3. The molecular formula is C13H19NO3. The quantitative estimate of drug-likeness (QED) is 0.783. The fraction of sp³-hybridized carbons (Fsp3) is 0.462. The van der Waals surface area contributed by atoms with Crippen LogP contribution in [0.5, 0.6) is 5.75 Å². The van der Waals surface area contributed by atoms with Crippen LogP contribution in [-0.4, -0.2) is 30.3 Å². The summed E-state index contributed by atoms with van der Waals surface area (Å²) in [6, 6.07) is 7.48. The highest BCUT2D eigenvalue weighted by molar-refractivity contribution is 5.76. The van der Waals surface area contributed by atoms with Gasteiger partial charge in [0.25, 0.3) is 0 Å². The lowest BCUT2D eigenvalue weighted by Crippen LogP contribution is -2.35. The summed E-state index contributed by atoms with van der Waals surface area (Å²) in [7, 11) is 0. The second-order valence-corrected chi connectivity index (χ2v) is 4.07. The largest absolute Gasteiger partial charge is 0.493 e. The van der Waals surface area contributed by atoms with Crippen molar-refractivity contribution >= 4 is 5.91 Å². The lowest BCUT2D eigenvalue weighted by atomic mass is 10.2. The van der Waals surface area contributed by atoms with Gasteiger partial charge in [-0.05, 0) is 31.5 Å². The molecule has 0 bridgehead atoms. The van der Waals surface area contributed by atoms with E-state index in [0.29, 0.717) is 6.61 Å². The number of benzene rings is 1. The molecule has 0 aromatic heterocycles. The standard InChI is InChI=1S/C13H19NO3/c1-10-4-3-5-12(8-10)17-7-6-13(16)14-11(2)9-15/h3-5,8,11,15H,6-7,9H2,1-2H3,(H,14,16)/t11-/m0/s1. The number of hydrogen-bond acceptors (Lipinski definition) is 3. The summed E-state index contributed by atoms with van der Waals surface area (Å²) in [6.07, 6.45) is 0.290. The number of carbonyl (C=O) groups is 1. The maximum absolute atomic E-state index is 11.4. The molecule has 0 saturated heterocycles. The molecule has 0 unspecified atom stereocenters. The number of aliphatic hydroxyl groups is 1. The Morgan fingerprint density at radius 1 is 1.53 bits per heavy atom. The summed E-state index contributed by atoms with van der Waals surface area (Å²) >= 11 is 0. The number of nitrogens with one attached hydrogen (secondary N) is 1. The summed E-state index contributed by atoms with van der Waals surface area (Å²) < 4.78 is 5.45. The Balaban J connectivity index is 2.26. The monoisotopic (exact) mass is 237 g/mol. The van der Waals surface area contributed by atoms with Gasteiger partial charge in [0, 0.05) is 6.04 Å². The van der Waals surface area contributed by atoms with E-state index in [4.69, 9.17) is 9.84 Å². The molecule has 1 amide bonds. The summed E-state index contributed by atoms with van der Waals surface area (Å²) in [6.45, 7) is 4.03. The Morgan fingerprint density at radius 2 is 2.29 bits per heavy atom. The zero-order valence-corrected chi connectivity index (χ0v) is 10.3. The van der Waals surface area contributed by atoms with Crippen LogP contribution < -0.4 is 10.1 Å². The molecule has 17 heavy (non-hydrogen) atoms. The highest BCUT2D eigenvalue weighted by Gasteiger charge is 2.05. The van der Waals surface area contributed by atoms with E-state index in [9.17, 15) is 4.79 Å². The fourth-order valence-electron chi connectivity index (χ4n) is 1.36. The molecule has 0 aliphatic carbocycles. The number of aliphatic hydroxyl groups excluding tert-OH is 1. The maximum atomic E-state index is 11.4. The second-order valence-electron chi connectivity index (χ2n) is 4.07. The molecule has 1 atom stereocenters. The van der Waals surface area contributed by atoms with Gasteiger partial charge in [-0.1, -0.05) is 12.1 Å². The highest BCUT2D eigenvalue weighted by atomic mass is 16.5. The number of aryl methyl sites for hydroxylation is 1. The van der Waals surface area contributed by atoms with Gasteiger partial charge in [0.2, 0.25) is 5.91 Å². The minimum atomic E-state index is -0.207. The van der Waals surface area contributed by atoms with Crippen molar-refractivity contribution in [3.63, 3.8) is 0 Å². The molecule has 0 aliphatic heterocycles. The lowest BCUT2D eigenvalue weighted by molar-refractivity contribution is -0.122. The van der Waals surface area contributed by atoms with E-state index < -0.39 is 0 Å². The molecular weight excluding hydrogens is 218 g/mol. The predicted molar refractivity (Wildman–Crippen MR) is 66.0 cm³/mol. The van der Waals surface area contributed by atoms with Crippen molar-refractivity contribution in [2.45, 2.75) is 26.3 Å². The molecule has 1 rings (SSSR count). The molecule has 0 spiro atoms. The third-order valence-electron chi connectivity index (χ3n) is 2.27. The Labute approximate surface area is 102 Å². The molecule has 1 aromatic carbocycles. The van der Waals surface area contributed by atoms with Gasteiger partial charge in [-0.2, -0.15) is 0 Å². The Morgan fingerprint density at radius 3 is 2.94 bits per heavy atom. The Bertz CT molecular complexity index is 365. The van der Waals surface area contributed by atoms with E-state index in [-0.39, 0.29) is 25.0 Å². The number of rotatable bonds is 6. The van der Waals surface area contributed by atoms with Gasteiger partial charge in [0.05, 0.1) is 19.6 Å². The first kappa shape index (κ1) is 13.5. The first-order valence-corrected chi connectivity index (χ1v) is 5.71. The molecule has 2 N–H and O–H groups in total. The van der Waals surface area contributed by atoms with Crippen LogP contribution in [0.1, 0.15) is 18.9 Å². The Kier molecular flexibility index (Phi) is 5.49. The molecule has 0 fully saturated rings. The molecule has 0 aliphatic rings. The number of ether oxygens (including phenoxy) is 1. The summed E-state index contributed by atoms with van der Waals surface area (Å²) in [5, 5.41) is 11.4. The second kappa shape index (κ2) is 6.91. The molecule has 1 aromatic rings. The van der Waals surface area contributed by atoms with Crippen LogP contribution in [0.3, 0.4) is 0 Å². The molecule has 4 nitrogen and oxygen atoms in total. The van der Waals surface area contributed by atoms with Gasteiger partial charge in [-0.25, -0.2) is 0 Å². The van der Waals surface area contributed by atoms with Crippen molar-refractivity contribution in [2.75, 3.05) is 13.2 Å². The smallest absolute Gasteiger partial charge is 0.223 e. The van der Waals surface area contributed by atoms with Crippen LogP contribution in [0.4, 0.5) is 0 Å². The van der Waals surface area contributed by atoms with Crippen LogP contribution in [0.25, 0.3) is 0 Å². The van der Waals surface area contributed by atoms with Gasteiger partial charge in [-0.3, -0.25) is 4.79 Å². The minimum absolute atomic E-state index is 0.0511. The van der Waals surface area contributed by atoms with Gasteiger partial charge in [0.1, 0.15) is 5.75 Å². The Hall–Kier alpha value is -1.55. The number of carbonyl (C=O) groups excluding carboxylic acids is 1. The third-order valence-corrected chi connectivity index (χ3v) is 2.27. The van der Waals surface area contributed by atoms with Gasteiger partial charge in [-0.15, -0.1) is 0 Å². The first-order chi connectivity index (χ1) is 8.11. The van der Waals surface area contributed by atoms with E-state index in [0.717, 1.165) is 11.3 Å². The topological polar surface area (TPSA) is 58.6 Å². The molecule has 0 saturated carbocycles. The van der Waals surface area contributed by atoms with Crippen LogP contribution in [-0.2, 0) is 4.79 Å². The minimum Gasteiger partial charge on any atom is -0.493 e. The van der Waals surface area contributed by atoms with Crippen molar-refractivity contribution in [3.8, 4) is 5.75 Å². The van der Waals surface area contributed by atoms with Crippen molar-refractivity contribution in [3.05, 3.63) is 29.8 Å². The maximum Gasteiger partial charge on any atom is 0.223 e. The van der Waals surface area contributed by atoms with E-state index in [1.165, 1.54) is 0 Å². The average Bonchev–Trinajstić information content (AvgIpc) is 2.29. The van der Waals surface area contributed by atoms with E-state index in [1.54, 1.807) is 6.92 Å². The summed E-state index contributed by atoms with van der Waals surface area (Å²) in [5.41, 5.74) is 1.13. The van der Waals surface area contributed by atoms with Crippen molar-refractivity contribution in [1.29, 1.82) is 0 Å². The average molecular weight is 237 g/mol. The number of hydrogen-bond donors (Lipinski definition) is 2. The van der Waals surface area contributed by atoms with Crippen LogP contribution in [0, 0.1) is 6.92 Å². The van der Waals surface area contributed by atoms with Gasteiger partial charge >= 0.3 is 0 Å². The highest BCUT2D eigenvalue weighted by Crippen LogP contribution is 2.12.